The van der Waals surface area contributed by atoms with E-state index in [1.807, 2.05) is 19.1 Å². The minimum absolute atomic E-state index is 0.114. The van der Waals surface area contributed by atoms with Crippen molar-refractivity contribution in [3.63, 3.8) is 0 Å². The Morgan fingerprint density at radius 1 is 1.10 bits per heavy atom. The summed E-state index contributed by atoms with van der Waals surface area (Å²) in [5, 5.41) is 2.69. The zero-order chi connectivity index (χ0) is 29.0. The number of nitrogens with one attached hydrogen (secondary N) is 1. The molecule has 4 heterocycles. The molecule has 0 radical (unpaired) electrons. The second kappa shape index (κ2) is 12.0. The SMILES string of the molecule is Cc1ccc(NC(=O)c2ccnc(C(F)(F)F)c2)cc1-c1cnc(C#CCN2CCCC2=O)c(N2CCOCC2)c1. The topological polar surface area (TPSA) is 87.7 Å². The third-order valence-electron chi connectivity index (χ3n) is 6.99. The summed E-state index contributed by atoms with van der Waals surface area (Å²) in [5.74, 6) is 5.67. The lowest BCUT2D eigenvalue weighted by molar-refractivity contribution is -0.141. The molecule has 0 atom stereocenters. The van der Waals surface area contributed by atoms with Crippen LogP contribution in [0.3, 0.4) is 0 Å². The quantitative estimate of drug-likeness (QED) is 0.459. The van der Waals surface area contributed by atoms with Crippen LogP contribution in [-0.2, 0) is 15.7 Å². The molecule has 2 amide bonds. The van der Waals surface area contributed by atoms with E-state index in [9.17, 15) is 22.8 Å². The standard InChI is InChI=1S/C30H28F3N5O3/c1-20-6-7-23(36-29(40)21-8-9-34-27(17-21)30(31,32)33)18-24(20)22-16-26(37-12-14-41-15-13-37)25(35-19-22)4-2-10-38-11-3-5-28(38)39/h6-9,16-19H,3,5,10-15H2,1H3,(H,36,40). The van der Waals surface area contributed by atoms with E-state index in [0.29, 0.717) is 57.2 Å². The van der Waals surface area contributed by atoms with Crippen LogP contribution in [0.4, 0.5) is 24.5 Å². The van der Waals surface area contributed by atoms with Gasteiger partial charge in [0, 0.05) is 55.3 Å². The minimum Gasteiger partial charge on any atom is -0.378 e. The first-order valence-corrected chi connectivity index (χ1v) is 13.2. The van der Waals surface area contributed by atoms with E-state index in [1.165, 1.54) is 6.07 Å². The Kier molecular flexibility index (Phi) is 8.21. The highest BCUT2D eigenvalue weighted by atomic mass is 19.4. The number of alkyl halides is 3. The Balaban J connectivity index is 1.42. The molecule has 2 saturated heterocycles. The van der Waals surface area contributed by atoms with Gasteiger partial charge in [-0.15, -0.1) is 0 Å². The van der Waals surface area contributed by atoms with Crippen molar-refractivity contribution in [3.8, 4) is 23.0 Å². The van der Waals surface area contributed by atoms with Crippen molar-refractivity contribution in [3.05, 3.63) is 71.3 Å². The first-order valence-electron chi connectivity index (χ1n) is 13.2. The summed E-state index contributed by atoms with van der Waals surface area (Å²) in [7, 11) is 0. The van der Waals surface area contributed by atoms with E-state index in [-0.39, 0.29) is 11.5 Å². The fourth-order valence-corrected chi connectivity index (χ4v) is 4.77. The Morgan fingerprint density at radius 2 is 1.90 bits per heavy atom. The van der Waals surface area contributed by atoms with Crippen LogP contribution in [0.25, 0.3) is 11.1 Å². The largest absolute Gasteiger partial charge is 0.433 e. The van der Waals surface area contributed by atoms with Crippen LogP contribution in [0.5, 0.6) is 0 Å². The van der Waals surface area contributed by atoms with Crippen LogP contribution in [-0.4, -0.2) is 66.1 Å². The van der Waals surface area contributed by atoms with Gasteiger partial charge in [0.05, 0.1) is 25.4 Å². The molecular formula is C30H28F3N5O3. The van der Waals surface area contributed by atoms with Gasteiger partial charge < -0.3 is 19.9 Å². The molecule has 2 aliphatic rings. The highest BCUT2D eigenvalue weighted by Crippen LogP contribution is 2.32. The number of carbonyl (C=O) groups is 2. The maximum absolute atomic E-state index is 13.1. The molecule has 11 heteroatoms. The summed E-state index contributed by atoms with van der Waals surface area (Å²) in [5.41, 5.74) is 3.11. The molecule has 5 rings (SSSR count). The minimum atomic E-state index is -4.65. The predicted molar refractivity (Wildman–Crippen MR) is 147 cm³/mol. The monoisotopic (exact) mass is 563 g/mol. The number of nitrogens with zero attached hydrogens (tertiary/aromatic N) is 4. The molecule has 3 aromatic rings. The lowest BCUT2D eigenvalue weighted by Crippen LogP contribution is -2.36. The summed E-state index contributed by atoms with van der Waals surface area (Å²) in [6.45, 7) is 5.49. The summed E-state index contributed by atoms with van der Waals surface area (Å²) in [6.07, 6.45) is -0.571. The normalized spacial score (nSPS) is 15.5. The molecule has 212 valence electrons. The lowest BCUT2D eigenvalue weighted by atomic mass is 10.00. The number of ether oxygens (including phenoxy) is 1. The van der Waals surface area contributed by atoms with E-state index < -0.39 is 17.8 Å². The van der Waals surface area contributed by atoms with E-state index >= 15 is 0 Å². The van der Waals surface area contributed by atoms with Crippen molar-refractivity contribution in [2.24, 2.45) is 0 Å². The Bertz CT molecular complexity index is 1520. The molecule has 2 aromatic heterocycles. The molecular weight excluding hydrogens is 535 g/mol. The smallest absolute Gasteiger partial charge is 0.378 e. The van der Waals surface area contributed by atoms with Crippen molar-refractivity contribution in [1.29, 1.82) is 0 Å². The van der Waals surface area contributed by atoms with E-state index in [4.69, 9.17) is 4.74 Å². The Morgan fingerprint density at radius 3 is 2.63 bits per heavy atom. The molecule has 41 heavy (non-hydrogen) atoms. The molecule has 0 spiro atoms. The van der Waals surface area contributed by atoms with Crippen LogP contribution < -0.4 is 10.2 Å². The van der Waals surface area contributed by atoms with E-state index in [0.717, 1.165) is 41.1 Å². The highest BCUT2D eigenvalue weighted by molar-refractivity contribution is 6.04. The fourth-order valence-electron chi connectivity index (χ4n) is 4.77. The van der Waals surface area contributed by atoms with Crippen LogP contribution in [0.15, 0.2) is 48.8 Å². The molecule has 0 unspecified atom stereocenters. The van der Waals surface area contributed by atoms with Gasteiger partial charge in [0.2, 0.25) is 5.91 Å². The van der Waals surface area contributed by atoms with Gasteiger partial charge in [0.15, 0.2) is 0 Å². The summed E-state index contributed by atoms with van der Waals surface area (Å²) >= 11 is 0. The van der Waals surface area contributed by atoms with Crippen molar-refractivity contribution < 1.29 is 27.5 Å². The number of aryl methyl sites for hydroxylation is 1. The first-order chi connectivity index (χ1) is 19.7. The maximum Gasteiger partial charge on any atom is 0.433 e. The van der Waals surface area contributed by atoms with Gasteiger partial charge in [-0.05, 0) is 60.7 Å². The predicted octanol–water partition coefficient (Wildman–Crippen LogP) is 4.53. The van der Waals surface area contributed by atoms with Gasteiger partial charge in [-0.3, -0.25) is 14.6 Å². The van der Waals surface area contributed by atoms with Crippen molar-refractivity contribution >= 4 is 23.2 Å². The van der Waals surface area contributed by atoms with Crippen LogP contribution in [0, 0.1) is 18.8 Å². The van der Waals surface area contributed by atoms with Crippen molar-refractivity contribution in [2.45, 2.75) is 25.9 Å². The number of anilines is 2. The number of amides is 2. The number of benzene rings is 1. The fraction of sp³-hybridized carbons (Fsp3) is 0.333. The zero-order valence-corrected chi connectivity index (χ0v) is 22.4. The number of hydrogen-bond acceptors (Lipinski definition) is 6. The van der Waals surface area contributed by atoms with Crippen LogP contribution in [0.1, 0.15) is 40.2 Å². The van der Waals surface area contributed by atoms with Gasteiger partial charge in [0.25, 0.3) is 5.91 Å². The molecule has 0 saturated carbocycles. The summed E-state index contributed by atoms with van der Waals surface area (Å²) in [4.78, 5) is 36.6. The lowest BCUT2D eigenvalue weighted by Gasteiger charge is -2.29. The van der Waals surface area contributed by atoms with E-state index in [1.54, 1.807) is 23.2 Å². The molecule has 1 N–H and O–H groups in total. The Hall–Kier alpha value is -4.43. The molecule has 2 fully saturated rings. The maximum atomic E-state index is 13.1. The average Bonchev–Trinajstić information content (AvgIpc) is 3.38. The number of hydrogen-bond donors (Lipinski definition) is 1. The second-order valence-corrected chi connectivity index (χ2v) is 9.82. The van der Waals surface area contributed by atoms with E-state index in [2.05, 4.69) is 32.0 Å². The third kappa shape index (κ3) is 6.66. The van der Waals surface area contributed by atoms with Gasteiger partial charge in [-0.25, -0.2) is 4.98 Å². The van der Waals surface area contributed by atoms with Crippen molar-refractivity contribution in [1.82, 2.24) is 14.9 Å². The third-order valence-corrected chi connectivity index (χ3v) is 6.99. The highest BCUT2D eigenvalue weighted by Gasteiger charge is 2.33. The number of halogens is 3. The van der Waals surface area contributed by atoms with Gasteiger partial charge in [-0.2, -0.15) is 13.2 Å². The number of aromatic nitrogens is 2. The number of morpholine rings is 1. The molecule has 1 aromatic carbocycles. The summed E-state index contributed by atoms with van der Waals surface area (Å²) < 4.78 is 44.7. The summed E-state index contributed by atoms with van der Waals surface area (Å²) in [6, 6.07) is 9.24. The number of likely N-dealkylation sites (tertiary alicyclic amines) is 1. The van der Waals surface area contributed by atoms with Crippen LogP contribution in [0.2, 0.25) is 0 Å². The molecule has 2 aliphatic heterocycles. The number of pyridine rings is 2. The van der Waals surface area contributed by atoms with Crippen molar-refractivity contribution in [2.75, 3.05) is 49.6 Å². The zero-order valence-electron chi connectivity index (χ0n) is 22.4. The second-order valence-electron chi connectivity index (χ2n) is 9.82. The molecule has 8 nitrogen and oxygen atoms in total. The van der Waals surface area contributed by atoms with Gasteiger partial charge in [-0.1, -0.05) is 12.0 Å². The van der Waals surface area contributed by atoms with Crippen LogP contribution >= 0.6 is 0 Å². The first kappa shape index (κ1) is 28.1. The molecule has 0 bridgehead atoms. The average molecular weight is 564 g/mol. The van der Waals surface area contributed by atoms with Gasteiger partial charge in [0.1, 0.15) is 11.4 Å². The number of rotatable bonds is 5. The molecule has 0 aliphatic carbocycles. The Labute approximate surface area is 235 Å². The number of carbonyl (C=O) groups excluding carboxylic acids is 2. The van der Waals surface area contributed by atoms with Gasteiger partial charge >= 0.3 is 6.18 Å².